The van der Waals surface area contributed by atoms with Crippen LogP contribution in [-0.4, -0.2) is 57.6 Å². The summed E-state index contributed by atoms with van der Waals surface area (Å²) in [7, 11) is 1.89. The van der Waals surface area contributed by atoms with Crippen molar-refractivity contribution in [3.05, 3.63) is 23.0 Å². The van der Waals surface area contributed by atoms with Crippen LogP contribution in [0.4, 0.5) is 0 Å². The predicted octanol–water partition coefficient (Wildman–Crippen LogP) is 0.658. The van der Waals surface area contributed by atoms with Crippen LogP contribution in [0.5, 0.6) is 0 Å². The Balaban J connectivity index is 2.11. The van der Waals surface area contributed by atoms with E-state index < -0.39 is 0 Å². The van der Waals surface area contributed by atoms with Gasteiger partial charge in [-0.2, -0.15) is 5.10 Å². The van der Waals surface area contributed by atoms with Crippen LogP contribution in [0.15, 0.2) is 6.08 Å². The number of hydrogen-bond acceptors (Lipinski definition) is 4. The molecule has 2 rings (SSSR count). The van der Waals surface area contributed by atoms with Gasteiger partial charge in [0.1, 0.15) is 0 Å². The topological polar surface area (TPSA) is 67.6 Å². The first-order chi connectivity index (χ1) is 9.93. The van der Waals surface area contributed by atoms with Gasteiger partial charge in [-0.1, -0.05) is 0 Å². The number of aliphatic hydroxyl groups is 1. The molecule has 0 aliphatic carbocycles. The van der Waals surface area contributed by atoms with Gasteiger partial charge in [-0.25, -0.2) is 0 Å². The molecule has 0 bridgehead atoms. The molecular weight excluding hydrogens is 270 g/mol. The molecule has 1 aromatic heterocycles. The minimum Gasteiger partial charge on any atom is -0.394 e. The highest BCUT2D eigenvalue weighted by Crippen LogP contribution is 2.16. The van der Waals surface area contributed by atoms with Crippen LogP contribution in [0.2, 0.25) is 0 Å². The van der Waals surface area contributed by atoms with Gasteiger partial charge in [-0.3, -0.25) is 9.48 Å². The maximum absolute atomic E-state index is 12.3. The Bertz CT molecular complexity index is 551. The van der Waals surface area contributed by atoms with E-state index in [0.29, 0.717) is 13.2 Å². The zero-order chi connectivity index (χ0) is 15.6. The van der Waals surface area contributed by atoms with Crippen LogP contribution in [-0.2, 0) is 16.6 Å². The molecule has 1 aromatic rings. The summed E-state index contributed by atoms with van der Waals surface area (Å²) in [5, 5.41) is 13.5. The molecule has 21 heavy (non-hydrogen) atoms. The zero-order valence-corrected chi connectivity index (χ0v) is 13.0. The minimum atomic E-state index is -0.291. The van der Waals surface area contributed by atoms with Crippen LogP contribution < -0.4 is 0 Å². The number of ether oxygens (including phenoxy) is 1. The summed E-state index contributed by atoms with van der Waals surface area (Å²) >= 11 is 0. The molecule has 1 amide bonds. The molecule has 0 radical (unpaired) electrons. The van der Waals surface area contributed by atoms with Crippen molar-refractivity contribution in [2.75, 3.05) is 19.8 Å². The standard InChI is InChI=1S/C15H23N3O3/c1-10-9-21-13(8-19)7-18(10)15(20)6-5-14-11(2)16-17(4)12(14)3/h5-6,10,13,19H,7-9H2,1-4H3/b6-5+. The number of aliphatic hydroxyl groups excluding tert-OH is 1. The van der Waals surface area contributed by atoms with Gasteiger partial charge in [0.25, 0.3) is 0 Å². The lowest BCUT2D eigenvalue weighted by Gasteiger charge is -2.36. The number of aromatic nitrogens is 2. The molecule has 0 saturated carbocycles. The highest BCUT2D eigenvalue weighted by molar-refractivity contribution is 5.92. The van der Waals surface area contributed by atoms with E-state index in [0.717, 1.165) is 17.0 Å². The number of hydrogen-bond donors (Lipinski definition) is 1. The van der Waals surface area contributed by atoms with Gasteiger partial charge in [0.15, 0.2) is 0 Å². The quantitative estimate of drug-likeness (QED) is 0.831. The Morgan fingerprint density at radius 3 is 2.81 bits per heavy atom. The van der Waals surface area contributed by atoms with Crippen LogP contribution in [0.25, 0.3) is 6.08 Å². The normalized spacial score (nSPS) is 23.0. The molecule has 6 nitrogen and oxygen atoms in total. The monoisotopic (exact) mass is 293 g/mol. The summed E-state index contributed by atoms with van der Waals surface area (Å²) in [4.78, 5) is 14.1. The molecule has 1 N–H and O–H groups in total. The third kappa shape index (κ3) is 3.33. The predicted molar refractivity (Wildman–Crippen MR) is 79.7 cm³/mol. The van der Waals surface area contributed by atoms with Crippen molar-refractivity contribution in [1.29, 1.82) is 0 Å². The summed E-state index contributed by atoms with van der Waals surface area (Å²) in [6, 6.07) is 0.0149. The van der Waals surface area contributed by atoms with E-state index in [2.05, 4.69) is 5.10 Å². The highest BCUT2D eigenvalue weighted by Gasteiger charge is 2.28. The van der Waals surface area contributed by atoms with Gasteiger partial charge in [-0.15, -0.1) is 0 Å². The summed E-state index contributed by atoms with van der Waals surface area (Å²) in [6.45, 7) is 6.65. The van der Waals surface area contributed by atoms with Crippen LogP contribution in [0.3, 0.4) is 0 Å². The fraction of sp³-hybridized carbons (Fsp3) is 0.600. The van der Waals surface area contributed by atoms with Crippen molar-refractivity contribution in [3.63, 3.8) is 0 Å². The fourth-order valence-electron chi connectivity index (χ4n) is 2.52. The molecule has 2 unspecified atom stereocenters. The SMILES string of the molecule is Cc1nn(C)c(C)c1/C=C/C(=O)N1CC(CO)OCC1C. The third-order valence-electron chi connectivity index (χ3n) is 3.95. The van der Waals surface area contributed by atoms with Crippen LogP contribution in [0, 0.1) is 13.8 Å². The Morgan fingerprint density at radius 2 is 2.24 bits per heavy atom. The largest absolute Gasteiger partial charge is 0.394 e. The highest BCUT2D eigenvalue weighted by atomic mass is 16.5. The van der Waals surface area contributed by atoms with Crippen molar-refractivity contribution in [2.24, 2.45) is 7.05 Å². The van der Waals surface area contributed by atoms with E-state index in [1.54, 1.807) is 15.7 Å². The number of amides is 1. The molecule has 1 aliphatic heterocycles. The summed E-state index contributed by atoms with van der Waals surface area (Å²) in [5.41, 5.74) is 2.91. The average molecular weight is 293 g/mol. The average Bonchev–Trinajstić information content (AvgIpc) is 2.70. The molecule has 0 spiro atoms. The van der Waals surface area contributed by atoms with E-state index >= 15 is 0 Å². The molecule has 0 aromatic carbocycles. The van der Waals surface area contributed by atoms with E-state index in [-0.39, 0.29) is 24.7 Å². The Kier molecular flexibility index (Phi) is 4.80. The molecule has 1 saturated heterocycles. The number of rotatable bonds is 3. The second kappa shape index (κ2) is 6.41. The van der Waals surface area contributed by atoms with Gasteiger partial charge < -0.3 is 14.7 Å². The van der Waals surface area contributed by atoms with E-state index in [4.69, 9.17) is 9.84 Å². The molecule has 2 atom stereocenters. The molecular formula is C15H23N3O3. The van der Waals surface area contributed by atoms with Crippen molar-refractivity contribution in [3.8, 4) is 0 Å². The molecule has 1 fully saturated rings. The van der Waals surface area contributed by atoms with E-state index in [1.807, 2.05) is 33.9 Å². The maximum Gasteiger partial charge on any atom is 0.246 e. The molecule has 6 heteroatoms. The van der Waals surface area contributed by atoms with Crippen LogP contribution >= 0.6 is 0 Å². The molecule has 2 heterocycles. The number of nitrogens with zero attached hydrogens (tertiary/aromatic N) is 3. The lowest BCUT2D eigenvalue weighted by molar-refractivity contribution is -0.140. The van der Waals surface area contributed by atoms with Crippen molar-refractivity contribution < 1.29 is 14.6 Å². The van der Waals surface area contributed by atoms with E-state index in [1.165, 1.54) is 0 Å². The maximum atomic E-state index is 12.3. The Hall–Kier alpha value is -1.66. The van der Waals surface area contributed by atoms with Crippen molar-refractivity contribution >= 4 is 12.0 Å². The van der Waals surface area contributed by atoms with E-state index in [9.17, 15) is 4.79 Å². The van der Waals surface area contributed by atoms with Gasteiger partial charge in [0.2, 0.25) is 5.91 Å². The molecule has 1 aliphatic rings. The molecule has 116 valence electrons. The first-order valence-electron chi connectivity index (χ1n) is 7.15. The lowest BCUT2D eigenvalue weighted by Crippen LogP contribution is -2.51. The second-order valence-corrected chi connectivity index (χ2v) is 5.52. The Morgan fingerprint density at radius 1 is 1.52 bits per heavy atom. The van der Waals surface area contributed by atoms with Gasteiger partial charge in [0, 0.05) is 30.9 Å². The summed E-state index contributed by atoms with van der Waals surface area (Å²) < 4.78 is 7.25. The summed E-state index contributed by atoms with van der Waals surface area (Å²) in [6.07, 6.45) is 3.10. The second-order valence-electron chi connectivity index (χ2n) is 5.52. The van der Waals surface area contributed by atoms with Gasteiger partial charge in [-0.05, 0) is 26.8 Å². The number of morpholine rings is 1. The first kappa shape index (κ1) is 15.7. The summed E-state index contributed by atoms with van der Waals surface area (Å²) in [5.74, 6) is -0.0631. The van der Waals surface area contributed by atoms with Crippen molar-refractivity contribution in [2.45, 2.75) is 32.9 Å². The third-order valence-corrected chi connectivity index (χ3v) is 3.95. The van der Waals surface area contributed by atoms with Crippen molar-refractivity contribution in [1.82, 2.24) is 14.7 Å². The minimum absolute atomic E-state index is 0.0149. The Labute approximate surface area is 125 Å². The van der Waals surface area contributed by atoms with Crippen LogP contribution in [0.1, 0.15) is 23.9 Å². The number of aryl methyl sites for hydroxylation is 2. The fourth-order valence-corrected chi connectivity index (χ4v) is 2.52. The lowest BCUT2D eigenvalue weighted by atomic mass is 10.1. The zero-order valence-electron chi connectivity index (χ0n) is 13.0. The number of carbonyl (C=O) groups excluding carboxylic acids is 1. The van der Waals surface area contributed by atoms with Gasteiger partial charge >= 0.3 is 0 Å². The number of carbonyl (C=O) groups is 1. The first-order valence-corrected chi connectivity index (χ1v) is 7.15. The van der Waals surface area contributed by atoms with Gasteiger partial charge in [0.05, 0.1) is 31.1 Å². The smallest absolute Gasteiger partial charge is 0.246 e.